The Morgan fingerprint density at radius 3 is 2.47 bits per heavy atom. The molecular weight excluding hydrogens is 218 g/mol. The van der Waals surface area contributed by atoms with Crippen molar-refractivity contribution in [3.63, 3.8) is 0 Å². The van der Waals surface area contributed by atoms with Crippen molar-refractivity contribution < 1.29 is 9.47 Å². The van der Waals surface area contributed by atoms with E-state index in [0.29, 0.717) is 5.56 Å². The number of nitrogens with zero attached hydrogens (tertiary/aromatic N) is 3. The number of rotatable bonds is 0. The summed E-state index contributed by atoms with van der Waals surface area (Å²) in [7, 11) is 0. The number of ether oxygens (including phenoxy) is 2. The summed E-state index contributed by atoms with van der Waals surface area (Å²) in [6, 6.07) is 5.63. The van der Waals surface area contributed by atoms with Crippen molar-refractivity contribution in [2.45, 2.75) is 0 Å². The van der Waals surface area contributed by atoms with Crippen LogP contribution in [0.5, 0.6) is 0 Å². The second-order valence-electron chi connectivity index (χ2n) is 3.45. The van der Waals surface area contributed by atoms with Crippen LogP contribution in [0.3, 0.4) is 0 Å². The van der Waals surface area contributed by atoms with Crippen LogP contribution >= 0.6 is 0 Å². The summed E-state index contributed by atoms with van der Waals surface area (Å²) in [5, 5.41) is 8.55. The van der Waals surface area contributed by atoms with Gasteiger partial charge in [-0.05, 0) is 12.1 Å². The predicted molar refractivity (Wildman–Crippen MR) is 61.5 cm³/mol. The minimum Gasteiger partial charge on any atom is -0.377 e. The lowest BCUT2D eigenvalue weighted by molar-refractivity contribution is -0.0334. The van der Waals surface area contributed by atoms with E-state index in [4.69, 9.17) is 14.7 Å². The highest BCUT2D eigenvalue weighted by Gasteiger charge is 1.94. The first-order valence-electron chi connectivity index (χ1n) is 5.38. The molecule has 1 saturated heterocycles. The fraction of sp³-hybridized carbons (Fsp3) is 0.333. The van der Waals surface area contributed by atoms with E-state index >= 15 is 0 Å². The van der Waals surface area contributed by atoms with Gasteiger partial charge < -0.3 is 13.9 Å². The Kier molecular flexibility index (Phi) is 4.08. The normalized spacial score (nSPS) is 14.8. The van der Waals surface area contributed by atoms with Crippen LogP contribution < -0.4 is 0 Å². The first-order valence-corrected chi connectivity index (χ1v) is 5.38. The van der Waals surface area contributed by atoms with Crippen LogP contribution in [0.4, 0.5) is 0 Å². The molecule has 1 aliphatic heterocycles. The smallest absolute Gasteiger partial charge is 0.136 e. The lowest BCUT2D eigenvalue weighted by atomic mass is 10.3. The highest BCUT2D eigenvalue weighted by atomic mass is 16.6. The van der Waals surface area contributed by atoms with Crippen molar-refractivity contribution in [3.8, 4) is 6.07 Å². The van der Waals surface area contributed by atoms with Gasteiger partial charge in [-0.1, -0.05) is 0 Å². The fourth-order valence-corrected chi connectivity index (χ4v) is 1.43. The van der Waals surface area contributed by atoms with E-state index in [0.717, 1.165) is 32.1 Å². The van der Waals surface area contributed by atoms with Gasteiger partial charge in [0.1, 0.15) is 11.7 Å². The van der Waals surface area contributed by atoms with Crippen LogP contribution in [0, 0.1) is 11.3 Å². The van der Waals surface area contributed by atoms with Crippen LogP contribution in [0.2, 0.25) is 0 Å². The largest absolute Gasteiger partial charge is 0.377 e. The molecule has 0 bridgehead atoms. The number of aromatic nitrogens is 2. The number of hydrogen-bond acceptors (Lipinski definition) is 4. The molecule has 2 aromatic heterocycles. The number of nitriles is 1. The van der Waals surface area contributed by atoms with Crippen LogP contribution in [0.15, 0.2) is 30.7 Å². The maximum Gasteiger partial charge on any atom is 0.136 e. The summed E-state index contributed by atoms with van der Waals surface area (Å²) >= 11 is 0. The standard InChI is InChI=1S/C8H5N3.C4H8O2/c9-5-7-1-2-8-10-3-4-11(8)6-7;1-2-6-4-3-5-1/h1-4,6H;1-4H2. The second kappa shape index (κ2) is 5.99. The Labute approximate surface area is 99.2 Å². The van der Waals surface area contributed by atoms with E-state index in [1.165, 1.54) is 0 Å². The van der Waals surface area contributed by atoms with Gasteiger partial charge in [0.25, 0.3) is 0 Å². The number of fused-ring (bicyclic) bond motifs is 1. The average molecular weight is 231 g/mol. The molecule has 3 rings (SSSR count). The van der Waals surface area contributed by atoms with Gasteiger partial charge in [-0.2, -0.15) is 5.26 Å². The topological polar surface area (TPSA) is 59.5 Å². The van der Waals surface area contributed by atoms with Crippen molar-refractivity contribution in [2.24, 2.45) is 0 Å². The van der Waals surface area contributed by atoms with E-state index in [9.17, 15) is 0 Å². The van der Waals surface area contributed by atoms with E-state index in [2.05, 4.69) is 11.1 Å². The molecule has 0 atom stereocenters. The Hall–Kier alpha value is -1.90. The Morgan fingerprint density at radius 2 is 1.88 bits per heavy atom. The summed E-state index contributed by atoms with van der Waals surface area (Å²) in [5.41, 5.74) is 1.51. The molecule has 0 amide bonds. The molecule has 0 spiro atoms. The number of pyridine rings is 1. The highest BCUT2D eigenvalue weighted by molar-refractivity contribution is 5.42. The van der Waals surface area contributed by atoms with Crippen molar-refractivity contribution in [1.82, 2.24) is 9.38 Å². The van der Waals surface area contributed by atoms with Gasteiger partial charge in [0, 0.05) is 18.6 Å². The molecule has 5 heteroatoms. The zero-order chi connectivity index (χ0) is 11.9. The molecule has 2 aromatic rings. The maximum absolute atomic E-state index is 8.55. The van der Waals surface area contributed by atoms with E-state index in [1.807, 2.05) is 16.7 Å². The minimum atomic E-state index is 0.649. The zero-order valence-corrected chi connectivity index (χ0v) is 9.37. The molecule has 17 heavy (non-hydrogen) atoms. The maximum atomic E-state index is 8.55. The third-order valence-electron chi connectivity index (χ3n) is 2.26. The molecule has 88 valence electrons. The first-order chi connectivity index (χ1) is 8.40. The minimum absolute atomic E-state index is 0.649. The van der Waals surface area contributed by atoms with Crippen LogP contribution in [-0.2, 0) is 9.47 Å². The van der Waals surface area contributed by atoms with Gasteiger partial charge in [-0.3, -0.25) is 0 Å². The molecule has 0 saturated carbocycles. The molecule has 1 aliphatic rings. The van der Waals surface area contributed by atoms with E-state index in [1.54, 1.807) is 18.5 Å². The highest BCUT2D eigenvalue weighted by Crippen LogP contribution is 2.02. The SMILES string of the molecule is C1COCCO1.N#Cc1ccc2nccn2c1. The Bertz CT molecular complexity index is 500. The Balaban J connectivity index is 0.000000153. The van der Waals surface area contributed by atoms with Gasteiger partial charge in [0.15, 0.2) is 0 Å². The molecule has 0 unspecified atom stereocenters. The first kappa shape index (κ1) is 11.6. The van der Waals surface area contributed by atoms with Gasteiger partial charge >= 0.3 is 0 Å². The molecule has 0 N–H and O–H groups in total. The van der Waals surface area contributed by atoms with Gasteiger partial charge in [-0.15, -0.1) is 0 Å². The lowest BCUT2D eigenvalue weighted by Gasteiger charge is -2.09. The monoisotopic (exact) mass is 231 g/mol. The zero-order valence-electron chi connectivity index (χ0n) is 9.37. The summed E-state index contributed by atoms with van der Waals surface area (Å²) in [4.78, 5) is 4.05. The quantitative estimate of drug-likeness (QED) is 0.684. The summed E-state index contributed by atoms with van der Waals surface area (Å²) in [6.45, 7) is 3.11. The summed E-state index contributed by atoms with van der Waals surface area (Å²) < 4.78 is 11.7. The van der Waals surface area contributed by atoms with Crippen molar-refractivity contribution in [3.05, 3.63) is 36.3 Å². The van der Waals surface area contributed by atoms with Crippen LogP contribution in [0.25, 0.3) is 5.65 Å². The number of imidazole rings is 1. The van der Waals surface area contributed by atoms with Crippen LogP contribution in [0.1, 0.15) is 5.56 Å². The fourth-order valence-electron chi connectivity index (χ4n) is 1.43. The average Bonchev–Trinajstić information content (AvgIpc) is 2.88. The number of hydrogen-bond donors (Lipinski definition) is 0. The lowest BCUT2D eigenvalue weighted by Crippen LogP contribution is -2.16. The van der Waals surface area contributed by atoms with Gasteiger partial charge in [0.05, 0.1) is 32.0 Å². The molecule has 5 nitrogen and oxygen atoms in total. The third-order valence-corrected chi connectivity index (χ3v) is 2.26. The molecule has 0 aliphatic carbocycles. The second-order valence-corrected chi connectivity index (χ2v) is 3.45. The van der Waals surface area contributed by atoms with Crippen molar-refractivity contribution in [1.29, 1.82) is 5.26 Å². The van der Waals surface area contributed by atoms with Crippen LogP contribution in [-0.4, -0.2) is 35.8 Å². The molecule has 0 radical (unpaired) electrons. The molecular formula is C12H13N3O2. The summed E-state index contributed by atoms with van der Waals surface area (Å²) in [6.07, 6.45) is 5.27. The van der Waals surface area contributed by atoms with E-state index in [-0.39, 0.29) is 0 Å². The molecule has 3 heterocycles. The molecule has 0 aromatic carbocycles. The van der Waals surface area contributed by atoms with Gasteiger partial charge in [0.2, 0.25) is 0 Å². The third kappa shape index (κ3) is 3.28. The summed E-state index contributed by atoms with van der Waals surface area (Å²) in [5.74, 6) is 0. The Morgan fingerprint density at radius 1 is 1.18 bits per heavy atom. The molecule has 1 fully saturated rings. The van der Waals surface area contributed by atoms with Crippen molar-refractivity contribution in [2.75, 3.05) is 26.4 Å². The van der Waals surface area contributed by atoms with E-state index < -0.39 is 0 Å². The predicted octanol–water partition coefficient (Wildman–Crippen LogP) is 1.24. The van der Waals surface area contributed by atoms with Gasteiger partial charge in [-0.25, -0.2) is 4.98 Å². The van der Waals surface area contributed by atoms with Crippen molar-refractivity contribution >= 4 is 5.65 Å².